The lowest BCUT2D eigenvalue weighted by Gasteiger charge is -2.44. The van der Waals surface area contributed by atoms with Crippen LogP contribution < -0.4 is 5.32 Å². The Morgan fingerprint density at radius 3 is 2.59 bits per heavy atom. The molecule has 0 aromatic carbocycles. The molecule has 0 spiro atoms. The first-order chi connectivity index (χ1) is 8.19. The SMILES string of the molecule is CNCC1CCC(c2cccs2)(N(C)C)CC1. The van der Waals surface area contributed by atoms with Gasteiger partial charge in [0.25, 0.3) is 0 Å². The van der Waals surface area contributed by atoms with Crippen LogP contribution in [0.25, 0.3) is 0 Å². The molecule has 0 radical (unpaired) electrons. The number of rotatable bonds is 4. The minimum atomic E-state index is 0.304. The fourth-order valence-electron chi connectivity index (χ4n) is 3.11. The van der Waals surface area contributed by atoms with Crippen molar-refractivity contribution in [1.82, 2.24) is 10.2 Å². The molecule has 1 fully saturated rings. The molecule has 0 atom stereocenters. The Labute approximate surface area is 109 Å². The van der Waals surface area contributed by atoms with Crippen LogP contribution in [-0.4, -0.2) is 32.6 Å². The van der Waals surface area contributed by atoms with Crippen molar-refractivity contribution in [2.24, 2.45) is 5.92 Å². The molecule has 1 aromatic rings. The first kappa shape index (κ1) is 13.1. The Morgan fingerprint density at radius 1 is 1.41 bits per heavy atom. The largest absolute Gasteiger partial charge is 0.319 e. The molecule has 1 aliphatic rings. The van der Waals surface area contributed by atoms with Gasteiger partial charge in [-0.25, -0.2) is 0 Å². The molecular weight excluding hydrogens is 228 g/mol. The van der Waals surface area contributed by atoms with E-state index in [2.05, 4.69) is 48.9 Å². The Balaban J connectivity index is 2.11. The Kier molecular flexibility index (Phi) is 4.23. The van der Waals surface area contributed by atoms with Gasteiger partial charge in [-0.1, -0.05) is 6.07 Å². The molecule has 2 nitrogen and oxygen atoms in total. The van der Waals surface area contributed by atoms with Crippen molar-refractivity contribution in [3.05, 3.63) is 22.4 Å². The molecule has 1 heterocycles. The number of hydrogen-bond donors (Lipinski definition) is 1. The van der Waals surface area contributed by atoms with Crippen molar-refractivity contribution in [2.45, 2.75) is 31.2 Å². The van der Waals surface area contributed by atoms with Crippen LogP contribution in [0.4, 0.5) is 0 Å². The molecule has 1 aromatic heterocycles. The van der Waals surface area contributed by atoms with Crippen molar-refractivity contribution in [1.29, 1.82) is 0 Å². The zero-order valence-electron chi connectivity index (χ0n) is 11.2. The third kappa shape index (κ3) is 2.56. The molecule has 0 amide bonds. The maximum atomic E-state index is 3.32. The van der Waals surface area contributed by atoms with Gasteiger partial charge in [0.2, 0.25) is 0 Å². The van der Waals surface area contributed by atoms with Gasteiger partial charge in [-0.05, 0) is 70.7 Å². The summed E-state index contributed by atoms with van der Waals surface area (Å²) in [4.78, 5) is 3.99. The highest BCUT2D eigenvalue weighted by Gasteiger charge is 2.39. The monoisotopic (exact) mass is 252 g/mol. The zero-order valence-corrected chi connectivity index (χ0v) is 12.0. The van der Waals surface area contributed by atoms with E-state index in [0.29, 0.717) is 5.54 Å². The van der Waals surface area contributed by atoms with E-state index < -0.39 is 0 Å². The van der Waals surface area contributed by atoms with E-state index in [1.165, 1.54) is 32.2 Å². The van der Waals surface area contributed by atoms with Gasteiger partial charge in [-0.3, -0.25) is 4.90 Å². The highest BCUT2D eigenvalue weighted by molar-refractivity contribution is 7.10. The van der Waals surface area contributed by atoms with Gasteiger partial charge in [0.05, 0.1) is 5.54 Å². The second kappa shape index (κ2) is 5.51. The molecule has 3 heteroatoms. The third-order valence-corrected chi connectivity index (χ3v) is 5.32. The minimum absolute atomic E-state index is 0.304. The molecule has 2 rings (SSSR count). The summed E-state index contributed by atoms with van der Waals surface area (Å²) in [5, 5.41) is 5.53. The highest BCUT2D eigenvalue weighted by atomic mass is 32.1. The molecule has 0 aliphatic heterocycles. The van der Waals surface area contributed by atoms with E-state index in [1.807, 2.05) is 11.3 Å². The second-order valence-corrected chi connectivity index (χ2v) is 6.35. The van der Waals surface area contributed by atoms with Gasteiger partial charge in [-0.15, -0.1) is 11.3 Å². The maximum absolute atomic E-state index is 3.32. The van der Waals surface area contributed by atoms with Crippen LogP contribution in [0.3, 0.4) is 0 Å². The summed E-state index contributed by atoms with van der Waals surface area (Å²) in [5.41, 5.74) is 0.304. The van der Waals surface area contributed by atoms with Crippen LogP contribution in [0, 0.1) is 5.92 Å². The van der Waals surface area contributed by atoms with E-state index in [4.69, 9.17) is 0 Å². The van der Waals surface area contributed by atoms with Crippen LogP contribution in [0.5, 0.6) is 0 Å². The third-order valence-electron chi connectivity index (χ3n) is 4.26. The lowest BCUT2D eigenvalue weighted by molar-refractivity contribution is 0.0810. The molecule has 1 saturated carbocycles. The molecule has 0 unspecified atom stereocenters. The molecule has 96 valence electrons. The normalized spacial score (nSPS) is 29.8. The minimum Gasteiger partial charge on any atom is -0.319 e. The van der Waals surface area contributed by atoms with Crippen LogP contribution >= 0.6 is 11.3 Å². The van der Waals surface area contributed by atoms with E-state index in [0.717, 1.165) is 5.92 Å². The van der Waals surface area contributed by atoms with Crippen molar-refractivity contribution in [3.63, 3.8) is 0 Å². The smallest absolute Gasteiger partial charge is 0.0548 e. The first-order valence-electron chi connectivity index (χ1n) is 6.55. The number of hydrogen-bond acceptors (Lipinski definition) is 3. The summed E-state index contributed by atoms with van der Waals surface area (Å²) in [6, 6.07) is 4.49. The molecule has 17 heavy (non-hydrogen) atoms. The van der Waals surface area contributed by atoms with Gasteiger partial charge in [0.15, 0.2) is 0 Å². The summed E-state index contributed by atoms with van der Waals surface area (Å²) in [7, 11) is 6.53. The number of thiophene rings is 1. The summed E-state index contributed by atoms with van der Waals surface area (Å²) >= 11 is 1.91. The van der Waals surface area contributed by atoms with E-state index in [-0.39, 0.29) is 0 Å². The Bertz CT molecular complexity index is 324. The van der Waals surface area contributed by atoms with Crippen molar-refractivity contribution in [2.75, 3.05) is 27.7 Å². The summed E-state index contributed by atoms with van der Waals surface area (Å²) in [6.45, 7) is 1.17. The topological polar surface area (TPSA) is 15.3 Å². The van der Waals surface area contributed by atoms with Gasteiger partial charge >= 0.3 is 0 Å². The quantitative estimate of drug-likeness (QED) is 0.886. The van der Waals surface area contributed by atoms with Crippen LogP contribution in [0.15, 0.2) is 17.5 Å². The molecule has 0 bridgehead atoms. The van der Waals surface area contributed by atoms with E-state index >= 15 is 0 Å². The zero-order chi connectivity index (χ0) is 12.3. The average molecular weight is 252 g/mol. The van der Waals surface area contributed by atoms with Crippen LogP contribution in [0.1, 0.15) is 30.6 Å². The molecule has 0 saturated heterocycles. The van der Waals surface area contributed by atoms with Gasteiger partial charge in [0.1, 0.15) is 0 Å². The van der Waals surface area contributed by atoms with Crippen molar-refractivity contribution >= 4 is 11.3 Å². The van der Waals surface area contributed by atoms with Crippen LogP contribution in [-0.2, 0) is 5.54 Å². The predicted molar refractivity (Wildman–Crippen MR) is 75.6 cm³/mol. The first-order valence-corrected chi connectivity index (χ1v) is 7.43. The summed E-state index contributed by atoms with van der Waals surface area (Å²) in [6.07, 6.45) is 5.29. The average Bonchev–Trinajstić information content (AvgIpc) is 2.84. The second-order valence-electron chi connectivity index (χ2n) is 5.40. The molecular formula is C14H24N2S. The number of nitrogens with zero attached hydrogens (tertiary/aromatic N) is 1. The molecule has 1 aliphatic carbocycles. The van der Waals surface area contributed by atoms with Crippen LogP contribution in [0.2, 0.25) is 0 Å². The van der Waals surface area contributed by atoms with E-state index in [9.17, 15) is 0 Å². The lowest BCUT2D eigenvalue weighted by atomic mass is 9.75. The summed E-state index contributed by atoms with van der Waals surface area (Å²) in [5.74, 6) is 0.869. The van der Waals surface area contributed by atoms with Gasteiger partial charge in [0, 0.05) is 4.88 Å². The Morgan fingerprint density at radius 2 is 2.12 bits per heavy atom. The number of nitrogens with one attached hydrogen (secondary N) is 1. The fourth-order valence-corrected chi connectivity index (χ4v) is 4.17. The predicted octanol–water partition coefficient (Wildman–Crippen LogP) is 2.91. The fraction of sp³-hybridized carbons (Fsp3) is 0.714. The Hall–Kier alpha value is -0.380. The van der Waals surface area contributed by atoms with Crippen molar-refractivity contribution < 1.29 is 0 Å². The van der Waals surface area contributed by atoms with E-state index in [1.54, 1.807) is 4.88 Å². The lowest BCUT2D eigenvalue weighted by Crippen LogP contribution is -2.44. The molecule has 1 N–H and O–H groups in total. The van der Waals surface area contributed by atoms with Gasteiger partial charge in [-0.2, -0.15) is 0 Å². The summed E-state index contributed by atoms with van der Waals surface area (Å²) < 4.78 is 0. The van der Waals surface area contributed by atoms with Gasteiger partial charge < -0.3 is 5.32 Å². The maximum Gasteiger partial charge on any atom is 0.0548 e. The standard InChI is InChI=1S/C14H24N2S/c1-15-11-12-6-8-14(9-7-12,16(2)3)13-5-4-10-17-13/h4-5,10,12,15H,6-9,11H2,1-3H3. The highest BCUT2D eigenvalue weighted by Crippen LogP contribution is 2.44. The van der Waals surface area contributed by atoms with Crippen molar-refractivity contribution in [3.8, 4) is 0 Å².